The second-order valence-electron chi connectivity index (χ2n) is 8.88. The largest absolute Gasteiger partial charge is 0.507 e. The molecule has 2 aromatic rings. The highest BCUT2D eigenvalue weighted by molar-refractivity contribution is 6.46. The number of carbonyl (C=O) groups is 2. The van der Waals surface area contributed by atoms with Crippen LogP contribution in [0.2, 0.25) is 0 Å². The first kappa shape index (κ1) is 25.4. The van der Waals surface area contributed by atoms with Crippen molar-refractivity contribution < 1.29 is 23.8 Å². The Morgan fingerprint density at radius 1 is 1.12 bits per heavy atom. The van der Waals surface area contributed by atoms with Crippen LogP contribution in [0.5, 0.6) is 5.75 Å². The van der Waals surface area contributed by atoms with E-state index in [1.54, 1.807) is 30.3 Å². The highest BCUT2D eigenvalue weighted by atomic mass is 19.1. The molecular formula is C27H33FN2O4. The van der Waals surface area contributed by atoms with Gasteiger partial charge in [-0.05, 0) is 81.9 Å². The molecule has 3 rings (SSSR count). The molecule has 2 aromatic carbocycles. The molecule has 1 aliphatic heterocycles. The second-order valence-corrected chi connectivity index (χ2v) is 8.88. The van der Waals surface area contributed by atoms with Gasteiger partial charge in [-0.1, -0.05) is 25.5 Å². The molecule has 1 aliphatic rings. The highest BCUT2D eigenvalue weighted by Gasteiger charge is 2.45. The summed E-state index contributed by atoms with van der Waals surface area (Å²) < 4.78 is 19.4. The average Bonchev–Trinajstić information content (AvgIpc) is 3.05. The van der Waals surface area contributed by atoms with E-state index in [1.165, 1.54) is 17.0 Å². The van der Waals surface area contributed by atoms with Crippen LogP contribution in [0.4, 0.5) is 4.39 Å². The van der Waals surface area contributed by atoms with Gasteiger partial charge in [0, 0.05) is 12.1 Å². The number of aryl methyl sites for hydroxylation is 1. The number of halogens is 1. The fraction of sp³-hybridized carbons (Fsp3) is 0.407. The first-order valence-electron chi connectivity index (χ1n) is 11.7. The van der Waals surface area contributed by atoms with Gasteiger partial charge in [-0.25, -0.2) is 4.39 Å². The number of amides is 1. The van der Waals surface area contributed by atoms with E-state index in [-0.39, 0.29) is 11.3 Å². The van der Waals surface area contributed by atoms with Crippen molar-refractivity contribution in [3.05, 3.63) is 70.5 Å². The van der Waals surface area contributed by atoms with Crippen LogP contribution in [-0.4, -0.2) is 60.4 Å². The lowest BCUT2D eigenvalue weighted by molar-refractivity contribution is -0.139. The molecular weight excluding hydrogens is 435 g/mol. The molecule has 34 heavy (non-hydrogen) atoms. The van der Waals surface area contributed by atoms with Gasteiger partial charge in [0.25, 0.3) is 11.7 Å². The number of unbranched alkanes of at least 4 members (excludes halogenated alkanes) is 1. The molecule has 1 fully saturated rings. The van der Waals surface area contributed by atoms with Crippen molar-refractivity contribution >= 4 is 17.4 Å². The molecule has 1 amide bonds. The first-order chi connectivity index (χ1) is 16.2. The number of hydrogen-bond acceptors (Lipinski definition) is 5. The summed E-state index contributed by atoms with van der Waals surface area (Å²) >= 11 is 0. The van der Waals surface area contributed by atoms with Crippen molar-refractivity contribution in [3.8, 4) is 5.75 Å². The van der Waals surface area contributed by atoms with Gasteiger partial charge in [0.15, 0.2) is 0 Å². The van der Waals surface area contributed by atoms with Crippen molar-refractivity contribution in [1.29, 1.82) is 0 Å². The number of aliphatic hydroxyl groups is 1. The Hall–Kier alpha value is -3.19. The molecule has 0 aromatic heterocycles. The zero-order valence-electron chi connectivity index (χ0n) is 20.3. The van der Waals surface area contributed by atoms with Gasteiger partial charge in [0.05, 0.1) is 18.2 Å². The normalized spacial score (nSPS) is 17.6. The number of rotatable bonds is 10. The third-order valence-corrected chi connectivity index (χ3v) is 5.93. The number of ether oxygens (including phenoxy) is 1. The van der Waals surface area contributed by atoms with Gasteiger partial charge in [0.2, 0.25) is 0 Å². The monoisotopic (exact) mass is 468 g/mol. The number of carbonyl (C=O) groups excluding carboxylic acids is 2. The molecule has 0 saturated carbocycles. The Morgan fingerprint density at radius 3 is 2.44 bits per heavy atom. The lowest BCUT2D eigenvalue weighted by Crippen LogP contribution is -2.32. The SMILES string of the molecule is CCCCOc1ccc(/C(O)=C2/C(=O)C(=O)N(CCCN(C)C)C2c2ccc(F)cc2)cc1C. The summed E-state index contributed by atoms with van der Waals surface area (Å²) in [6, 6.07) is 10.1. The molecule has 6 nitrogen and oxygen atoms in total. The Balaban J connectivity index is 2.02. The van der Waals surface area contributed by atoms with Gasteiger partial charge >= 0.3 is 0 Å². The summed E-state index contributed by atoms with van der Waals surface area (Å²) in [4.78, 5) is 29.5. The van der Waals surface area contributed by atoms with Gasteiger partial charge in [-0.2, -0.15) is 0 Å². The van der Waals surface area contributed by atoms with Crippen LogP contribution in [0.3, 0.4) is 0 Å². The van der Waals surface area contributed by atoms with Crippen LogP contribution in [0.25, 0.3) is 5.76 Å². The van der Waals surface area contributed by atoms with Gasteiger partial charge in [-0.3, -0.25) is 9.59 Å². The van der Waals surface area contributed by atoms with E-state index in [0.29, 0.717) is 36.4 Å². The molecule has 0 radical (unpaired) electrons. The van der Waals surface area contributed by atoms with Gasteiger partial charge in [-0.15, -0.1) is 0 Å². The Labute approximate surface area is 200 Å². The third kappa shape index (κ3) is 5.65. The summed E-state index contributed by atoms with van der Waals surface area (Å²) in [7, 11) is 3.87. The summed E-state index contributed by atoms with van der Waals surface area (Å²) in [5.41, 5.74) is 1.83. The van der Waals surface area contributed by atoms with E-state index in [4.69, 9.17) is 4.74 Å². The molecule has 0 spiro atoms. The minimum absolute atomic E-state index is 0.0144. The van der Waals surface area contributed by atoms with Crippen LogP contribution in [0.15, 0.2) is 48.0 Å². The molecule has 0 bridgehead atoms. The Bertz CT molecular complexity index is 1060. The minimum atomic E-state index is -0.788. The van der Waals surface area contributed by atoms with Crippen molar-refractivity contribution in [3.63, 3.8) is 0 Å². The summed E-state index contributed by atoms with van der Waals surface area (Å²) in [5.74, 6) is -1.35. The molecule has 1 unspecified atom stereocenters. The van der Waals surface area contributed by atoms with Crippen LogP contribution in [-0.2, 0) is 9.59 Å². The van der Waals surface area contributed by atoms with E-state index in [0.717, 1.165) is 24.9 Å². The second kappa shape index (κ2) is 11.3. The number of likely N-dealkylation sites (tertiary alicyclic amines) is 1. The highest BCUT2D eigenvalue weighted by Crippen LogP contribution is 2.40. The zero-order chi connectivity index (χ0) is 24.8. The lowest BCUT2D eigenvalue weighted by atomic mass is 9.94. The van der Waals surface area contributed by atoms with Gasteiger partial charge in [0.1, 0.15) is 17.3 Å². The maximum Gasteiger partial charge on any atom is 0.295 e. The Kier molecular flexibility index (Phi) is 8.45. The van der Waals surface area contributed by atoms with E-state index >= 15 is 0 Å². The number of nitrogens with zero attached hydrogens (tertiary/aromatic N) is 2. The number of benzene rings is 2. The number of hydrogen-bond donors (Lipinski definition) is 1. The van der Waals surface area contributed by atoms with Crippen LogP contribution in [0.1, 0.15) is 48.9 Å². The fourth-order valence-electron chi connectivity index (χ4n) is 4.10. The molecule has 7 heteroatoms. The van der Waals surface area contributed by atoms with Crippen molar-refractivity contribution in [2.45, 2.75) is 39.2 Å². The topological polar surface area (TPSA) is 70.1 Å². The number of aliphatic hydroxyl groups excluding tert-OH is 1. The molecule has 182 valence electrons. The predicted molar refractivity (Wildman–Crippen MR) is 130 cm³/mol. The lowest BCUT2D eigenvalue weighted by Gasteiger charge is -2.26. The Morgan fingerprint density at radius 2 is 1.82 bits per heavy atom. The average molecular weight is 469 g/mol. The van der Waals surface area contributed by atoms with Crippen LogP contribution >= 0.6 is 0 Å². The third-order valence-electron chi connectivity index (χ3n) is 5.93. The molecule has 1 atom stereocenters. The van der Waals surface area contributed by atoms with E-state index in [9.17, 15) is 19.1 Å². The zero-order valence-corrected chi connectivity index (χ0v) is 20.3. The van der Waals surface area contributed by atoms with Crippen molar-refractivity contribution in [2.75, 3.05) is 33.8 Å². The predicted octanol–water partition coefficient (Wildman–Crippen LogP) is 4.69. The number of Topliss-reactive ketones (excluding diaryl/α,β-unsaturated/α-hetero) is 1. The van der Waals surface area contributed by atoms with Crippen molar-refractivity contribution in [1.82, 2.24) is 9.80 Å². The standard InChI is InChI=1S/C27H33FN2O4/c1-5-6-16-34-22-13-10-20(17-18(22)2)25(31)23-24(19-8-11-21(28)12-9-19)30(27(33)26(23)32)15-7-14-29(3)4/h8-13,17,24,31H,5-7,14-16H2,1-4H3/b25-23-. The molecule has 1 heterocycles. The summed E-state index contributed by atoms with van der Waals surface area (Å²) in [6.45, 7) is 5.63. The number of ketones is 1. The summed E-state index contributed by atoms with van der Waals surface area (Å²) in [6.07, 6.45) is 2.62. The maximum absolute atomic E-state index is 13.6. The van der Waals surface area contributed by atoms with Gasteiger partial charge < -0.3 is 19.6 Å². The van der Waals surface area contributed by atoms with Crippen molar-refractivity contribution in [2.24, 2.45) is 0 Å². The minimum Gasteiger partial charge on any atom is -0.507 e. The van der Waals surface area contributed by atoms with E-state index in [2.05, 4.69) is 6.92 Å². The molecule has 1 N–H and O–H groups in total. The summed E-state index contributed by atoms with van der Waals surface area (Å²) in [5, 5.41) is 11.2. The first-order valence-corrected chi connectivity index (χ1v) is 11.7. The van der Waals surface area contributed by atoms with Crippen LogP contribution in [0, 0.1) is 12.7 Å². The van der Waals surface area contributed by atoms with E-state index in [1.807, 2.05) is 25.9 Å². The van der Waals surface area contributed by atoms with Crippen LogP contribution < -0.4 is 4.74 Å². The molecule has 1 saturated heterocycles. The fourth-order valence-corrected chi connectivity index (χ4v) is 4.10. The maximum atomic E-state index is 13.6. The van der Waals surface area contributed by atoms with E-state index < -0.39 is 23.5 Å². The smallest absolute Gasteiger partial charge is 0.295 e. The molecule has 0 aliphatic carbocycles. The quantitative estimate of drug-likeness (QED) is 0.237.